The number of ether oxygens (including phenoxy) is 1. The fourth-order valence-electron chi connectivity index (χ4n) is 2.08. The Morgan fingerprint density at radius 2 is 2.15 bits per heavy atom. The molecule has 1 aromatic carbocycles. The molecule has 0 bridgehead atoms. The molecule has 0 aliphatic heterocycles. The van der Waals surface area contributed by atoms with E-state index < -0.39 is 0 Å². The normalized spacial score (nSPS) is 14.2. The highest BCUT2D eigenvalue weighted by Crippen LogP contribution is 2.25. The van der Waals surface area contributed by atoms with Crippen LogP contribution in [0.3, 0.4) is 0 Å². The molecule has 110 valence electrons. The van der Waals surface area contributed by atoms with E-state index in [1.54, 1.807) is 0 Å². The van der Waals surface area contributed by atoms with Crippen molar-refractivity contribution in [2.24, 2.45) is 0 Å². The van der Waals surface area contributed by atoms with E-state index in [1.165, 1.54) is 31.2 Å². The summed E-state index contributed by atoms with van der Waals surface area (Å²) < 4.78 is 6.99. The minimum atomic E-state index is 0.733. The topological polar surface area (TPSA) is 21.3 Å². The Kier molecular flexibility index (Phi) is 6.61. The zero-order chi connectivity index (χ0) is 14.2. The van der Waals surface area contributed by atoms with Gasteiger partial charge >= 0.3 is 0 Å². The number of allylic oxidation sites excluding steroid dienone is 1. The summed E-state index contributed by atoms with van der Waals surface area (Å²) in [6.45, 7) is 5.45. The molecule has 20 heavy (non-hydrogen) atoms. The number of nitrogens with one attached hydrogen (secondary N) is 1. The van der Waals surface area contributed by atoms with Crippen LogP contribution >= 0.6 is 15.9 Å². The fourth-order valence-corrected chi connectivity index (χ4v) is 2.46. The summed E-state index contributed by atoms with van der Waals surface area (Å²) in [4.78, 5) is 0. The number of rotatable bonds is 10. The molecule has 0 unspecified atom stereocenters. The first-order valence-corrected chi connectivity index (χ1v) is 8.34. The van der Waals surface area contributed by atoms with Crippen molar-refractivity contribution in [1.82, 2.24) is 5.32 Å². The van der Waals surface area contributed by atoms with Crippen molar-refractivity contribution in [2.45, 2.75) is 51.1 Å². The SMILES string of the molecule is C=CCCCCCOc1ccc(Br)c(CNC2CC2)c1. The van der Waals surface area contributed by atoms with Gasteiger partial charge in [-0.15, -0.1) is 6.58 Å². The van der Waals surface area contributed by atoms with Crippen molar-refractivity contribution in [3.05, 3.63) is 40.9 Å². The Balaban J connectivity index is 1.72. The van der Waals surface area contributed by atoms with Crippen LogP contribution in [0.2, 0.25) is 0 Å². The first kappa shape index (κ1) is 15.6. The fraction of sp³-hybridized carbons (Fsp3) is 0.529. The molecule has 0 spiro atoms. The lowest BCUT2D eigenvalue weighted by atomic mass is 10.2. The van der Waals surface area contributed by atoms with Crippen LogP contribution in [-0.4, -0.2) is 12.6 Å². The van der Waals surface area contributed by atoms with Gasteiger partial charge in [-0.3, -0.25) is 0 Å². The average molecular weight is 338 g/mol. The predicted octanol–water partition coefficient (Wildman–Crippen LogP) is 4.83. The minimum Gasteiger partial charge on any atom is -0.494 e. The van der Waals surface area contributed by atoms with Gasteiger partial charge in [0.05, 0.1) is 6.61 Å². The van der Waals surface area contributed by atoms with Gasteiger partial charge in [0.2, 0.25) is 0 Å². The highest BCUT2D eigenvalue weighted by Gasteiger charge is 2.20. The van der Waals surface area contributed by atoms with E-state index in [9.17, 15) is 0 Å². The molecule has 1 fully saturated rings. The molecule has 1 aliphatic rings. The van der Waals surface area contributed by atoms with Crippen molar-refractivity contribution in [1.29, 1.82) is 0 Å². The van der Waals surface area contributed by atoms with E-state index in [0.29, 0.717) is 0 Å². The Bertz CT molecular complexity index is 429. The van der Waals surface area contributed by atoms with Gasteiger partial charge in [-0.2, -0.15) is 0 Å². The summed E-state index contributed by atoms with van der Waals surface area (Å²) in [7, 11) is 0. The number of hydrogen-bond acceptors (Lipinski definition) is 2. The highest BCUT2D eigenvalue weighted by molar-refractivity contribution is 9.10. The van der Waals surface area contributed by atoms with Crippen LogP contribution in [0.5, 0.6) is 5.75 Å². The van der Waals surface area contributed by atoms with Gasteiger partial charge < -0.3 is 10.1 Å². The second-order valence-corrected chi connectivity index (χ2v) is 6.25. The van der Waals surface area contributed by atoms with Crippen LogP contribution in [0.25, 0.3) is 0 Å². The zero-order valence-corrected chi connectivity index (χ0v) is 13.6. The molecule has 1 aromatic rings. The third-order valence-electron chi connectivity index (χ3n) is 3.50. The molecular weight excluding hydrogens is 314 g/mol. The maximum absolute atomic E-state index is 5.83. The molecule has 1 aliphatic carbocycles. The Hall–Kier alpha value is -0.800. The maximum Gasteiger partial charge on any atom is 0.119 e. The molecular formula is C17H24BrNO. The van der Waals surface area contributed by atoms with E-state index in [0.717, 1.165) is 42.3 Å². The molecule has 1 N–H and O–H groups in total. The van der Waals surface area contributed by atoms with Crippen molar-refractivity contribution in [3.8, 4) is 5.75 Å². The lowest BCUT2D eigenvalue weighted by molar-refractivity contribution is 0.305. The van der Waals surface area contributed by atoms with Gasteiger partial charge in [0.1, 0.15) is 5.75 Å². The molecule has 0 aromatic heterocycles. The molecule has 0 heterocycles. The highest BCUT2D eigenvalue weighted by atomic mass is 79.9. The Morgan fingerprint density at radius 3 is 2.90 bits per heavy atom. The number of unbranched alkanes of at least 4 members (excludes halogenated alkanes) is 3. The molecule has 0 atom stereocenters. The van der Waals surface area contributed by atoms with Crippen LogP contribution in [0, 0.1) is 0 Å². The van der Waals surface area contributed by atoms with Crippen molar-refractivity contribution >= 4 is 15.9 Å². The van der Waals surface area contributed by atoms with E-state index >= 15 is 0 Å². The van der Waals surface area contributed by atoms with E-state index in [1.807, 2.05) is 12.1 Å². The van der Waals surface area contributed by atoms with Crippen molar-refractivity contribution in [2.75, 3.05) is 6.61 Å². The quantitative estimate of drug-likeness (QED) is 0.487. The van der Waals surface area contributed by atoms with Gasteiger partial charge in [-0.1, -0.05) is 22.0 Å². The summed E-state index contributed by atoms with van der Waals surface area (Å²) in [5, 5.41) is 3.54. The first-order valence-electron chi connectivity index (χ1n) is 7.55. The van der Waals surface area contributed by atoms with Crippen LogP contribution in [0.15, 0.2) is 35.3 Å². The zero-order valence-electron chi connectivity index (χ0n) is 12.0. The number of benzene rings is 1. The third-order valence-corrected chi connectivity index (χ3v) is 4.27. The summed E-state index contributed by atoms with van der Waals surface area (Å²) in [5.41, 5.74) is 1.28. The van der Waals surface area contributed by atoms with Gasteiger partial charge in [-0.05, 0) is 62.3 Å². The molecule has 1 saturated carbocycles. The second kappa shape index (κ2) is 8.48. The number of halogens is 1. The van der Waals surface area contributed by atoms with Crippen molar-refractivity contribution < 1.29 is 4.74 Å². The molecule has 0 radical (unpaired) electrons. The summed E-state index contributed by atoms with van der Waals surface area (Å²) in [6, 6.07) is 6.99. The van der Waals surface area contributed by atoms with Crippen molar-refractivity contribution in [3.63, 3.8) is 0 Å². The number of hydrogen-bond donors (Lipinski definition) is 1. The summed E-state index contributed by atoms with van der Waals surface area (Å²) in [5.74, 6) is 0.976. The predicted molar refractivity (Wildman–Crippen MR) is 88.2 cm³/mol. The molecule has 3 heteroatoms. The molecule has 0 amide bonds. The largest absolute Gasteiger partial charge is 0.494 e. The third kappa shape index (κ3) is 5.68. The first-order chi connectivity index (χ1) is 9.79. The van der Waals surface area contributed by atoms with Crippen LogP contribution in [-0.2, 0) is 6.54 Å². The lowest BCUT2D eigenvalue weighted by Gasteiger charge is -2.10. The molecule has 0 saturated heterocycles. The monoisotopic (exact) mass is 337 g/mol. The van der Waals surface area contributed by atoms with E-state index in [2.05, 4.69) is 40.0 Å². The second-order valence-electron chi connectivity index (χ2n) is 5.39. The smallest absolute Gasteiger partial charge is 0.119 e. The summed E-state index contributed by atoms with van der Waals surface area (Å²) >= 11 is 3.61. The Labute approximate surface area is 130 Å². The van der Waals surface area contributed by atoms with Gasteiger partial charge in [0.25, 0.3) is 0 Å². The molecule has 2 nitrogen and oxygen atoms in total. The van der Waals surface area contributed by atoms with Crippen LogP contribution < -0.4 is 10.1 Å². The Morgan fingerprint density at radius 1 is 1.30 bits per heavy atom. The van der Waals surface area contributed by atoms with E-state index in [4.69, 9.17) is 4.74 Å². The minimum absolute atomic E-state index is 0.733. The van der Waals surface area contributed by atoms with E-state index in [-0.39, 0.29) is 0 Å². The van der Waals surface area contributed by atoms with Crippen LogP contribution in [0.4, 0.5) is 0 Å². The van der Waals surface area contributed by atoms with Gasteiger partial charge in [0.15, 0.2) is 0 Å². The molecule has 2 rings (SSSR count). The lowest BCUT2D eigenvalue weighted by Crippen LogP contribution is -2.15. The average Bonchev–Trinajstić information content (AvgIpc) is 3.27. The van der Waals surface area contributed by atoms with Crippen LogP contribution in [0.1, 0.15) is 44.1 Å². The standard InChI is InChI=1S/C17H24BrNO/c1-2-3-4-5-6-11-20-16-9-10-17(18)14(12-16)13-19-15-7-8-15/h2,9-10,12,15,19H,1,3-8,11,13H2. The van der Waals surface area contributed by atoms with Gasteiger partial charge in [0, 0.05) is 17.1 Å². The van der Waals surface area contributed by atoms with Gasteiger partial charge in [-0.25, -0.2) is 0 Å². The summed E-state index contributed by atoms with van der Waals surface area (Å²) in [6.07, 6.45) is 9.25. The maximum atomic E-state index is 5.83.